The quantitative estimate of drug-likeness (QED) is 0.893. The van der Waals surface area contributed by atoms with Crippen LogP contribution in [-0.2, 0) is 4.79 Å². The molecule has 1 aliphatic rings. The Labute approximate surface area is 146 Å². The van der Waals surface area contributed by atoms with Gasteiger partial charge in [0.1, 0.15) is 5.75 Å². The molecule has 6 nitrogen and oxygen atoms in total. The monoisotopic (exact) mass is 340 g/mol. The Hall–Kier alpha value is -3.02. The highest BCUT2D eigenvalue weighted by Crippen LogP contribution is 2.38. The third-order valence-electron chi connectivity index (χ3n) is 4.43. The van der Waals surface area contributed by atoms with Gasteiger partial charge in [-0.3, -0.25) is 9.69 Å². The van der Waals surface area contributed by atoms with Gasteiger partial charge in [0, 0.05) is 23.5 Å². The van der Waals surface area contributed by atoms with Crippen LogP contribution >= 0.6 is 0 Å². The zero-order valence-corrected chi connectivity index (χ0v) is 14.1. The molecule has 2 atom stereocenters. The molecule has 3 rings (SSSR count). The summed E-state index contributed by atoms with van der Waals surface area (Å²) < 4.78 is 5.17. The third kappa shape index (κ3) is 3.28. The van der Waals surface area contributed by atoms with E-state index in [2.05, 4.69) is 5.32 Å². The first-order valence-corrected chi connectivity index (χ1v) is 8.07. The highest BCUT2D eigenvalue weighted by Gasteiger charge is 2.36. The summed E-state index contributed by atoms with van der Waals surface area (Å²) in [5, 5.41) is 12.3. The van der Waals surface area contributed by atoms with Gasteiger partial charge < -0.3 is 15.2 Å². The molecule has 2 aromatic carbocycles. The highest BCUT2D eigenvalue weighted by atomic mass is 16.5. The average molecular weight is 340 g/mol. The summed E-state index contributed by atoms with van der Waals surface area (Å²) >= 11 is 0. The number of aliphatic carboxylic acids is 1. The molecule has 6 heteroatoms. The van der Waals surface area contributed by atoms with Crippen molar-refractivity contribution in [2.75, 3.05) is 17.3 Å². The van der Waals surface area contributed by atoms with E-state index < -0.39 is 11.9 Å². The van der Waals surface area contributed by atoms with E-state index in [1.54, 1.807) is 54.5 Å². The van der Waals surface area contributed by atoms with Gasteiger partial charge in [0.25, 0.3) is 0 Å². The molecular weight excluding hydrogens is 320 g/mol. The smallest absolute Gasteiger partial charge is 0.326 e. The summed E-state index contributed by atoms with van der Waals surface area (Å²) in [5.74, 6) is -0.824. The second-order valence-electron chi connectivity index (χ2n) is 6.07. The number of nitrogens with one attached hydrogen (secondary N) is 1. The number of methoxy groups -OCH3 is 1. The molecule has 0 saturated heterocycles. The molecule has 0 saturated carbocycles. The minimum absolute atomic E-state index is 0.235. The minimum Gasteiger partial charge on any atom is -0.497 e. The maximum absolute atomic E-state index is 12.8. The number of amides is 2. The predicted molar refractivity (Wildman–Crippen MR) is 95.4 cm³/mol. The summed E-state index contributed by atoms with van der Waals surface area (Å²) in [6.07, 6.45) is 0.373. The lowest BCUT2D eigenvalue weighted by Gasteiger charge is -2.37. The Balaban J connectivity index is 1.91. The van der Waals surface area contributed by atoms with E-state index in [4.69, 9.17) is 4.74 Å². The number of benzene rings is 2. The topological polar surface area (TPSA) is 78.9 Å². The van der Waals surface area contributed by atoms with Gasteiger partial charge in [0.15, 0.2) is 0 Å². The first-order chi connectivity index (χ1) is 12.0. The molecule has 1 aliphatic heterocycles. The van der Waals surface area contributed by atoms with Crippen LogP contribution < -0.4 is 15.0 Å². The molecule has 0 bridgehead atoms. The van der Waals surface area contributed by atoms with Gasteiger partial charge in [-0.05, 0) is 37.1 Å². The number of ether oxygens (including phenoxy) is 1. The van der Waals surface area contributed by atoms with E-state index in [-0.39, 0.29) is 12.1 Å². The van der Waals surface area contributed by atoms with Gasteiger partial charge in [0.05, 0.1) is 13.0 Å². The van der Waals surface area contributed by atoms with Gasteiger partial charge in [-0.25, -0.2) is 4.79 Å². The number of nitrogens with zero attached hydrogens (tertiary/aromatic N) is 1. The number of carbonyl (C=O) groups is 2. The van der Waals surface area contributed by atoms with Crippen LogP contribution in [0, 0.1) is 0 Å². The van der Waals surface area contributed by atoms with E-state index in [1.165, 1.54) is 0 Å². The standard InChI is InChI=1S/C19H20N2O4/c1-12-10-16(18(22)23)15-8-3-4-9-17(15)21(12)19(24)20-13-6-5-7-14(11-13)25-2/h3-9,11-12,16H,10H2,1-2H3,(H,20,24)(H,22,23). The zero-order chi connectivity index (χ0) is 18.0. The molecular formula is C19H20N2O4. The molecule has 2 aromatic rings. The van der Waals surface area contributed by atoms with E-state index >= 15 is 0 Å². The average Bonchev–Trinajstić information content (AvgIpc) is 2.60. The fraction of sp³-hybridized carbons (Fsp3) is 0.263. The molecule has 0 radical (unpaired) electrons. The molecule has 2 unspecified atom stereocenters. The number of carbonyl (C=O) groups excluding carboxylic acids is 1. The van der Waals surface area contributed by atoms with Crippen LogP contribution in [0.15, 0.2) is 48.5 Å². The lowest BCUT2D eigenvalue weighted by Crippen LogP contribution is -2.46. The minimum atomic E-state index is -0.868. The molecule has 0 aromatic heterocycles. The molecule has 2 amide bonds. The number of para-hydroxylation sites is 1. The molecule has 1 heterocycles. The van der Waals surface area contributed by atoms with E-state index in [1.807, 2.05) is 13.0 Å². The largest absolute Gasteiger partial charge is 0.497 e. The van der Waals surface area contributed by atoms with Crippen LogP contribution in [0.2, 0.25) is 0 Å². The van der Waals surface area contributed by atoms with Crippen LogP contribution in [0.3, 0.4) is 0 Å². The van der Waals surface area contributed by atoms with Crippen molar-refractivity contribution in [3.05, 3.63) is 54.1 Å². The molecule has 0 fully saturated rings. The van der Waals surface area contributed by atoms with Crippen LogP contribution in [0.25, 0.3) is 0 Å². The fourth-order valence-electron chi connectivity index (χ4n) is 3.24. The number of rotatable bonds is 3. The summed E-state index contributed by atoms with van der Waals surface area (Å²) in [7, 11) is 1.57. The van der Waals surface area contributed by atoms with Crippen LogP contribution in [0.5, 0.6) is 5.75 Å². The SMILES string of the molecule is COc1cccc(NC(=O)N2c3ccccc3C(C(=O)O)CC2C)c1. The molecule has 2 N–H and O–H groups in total. The summed E-state index contributed by atoms with van der Waals surface area (Å²) in [5.41, 5.74) is 1.91. The second kappa shape index (κ2) is 6.84. The number of carboxylic acid groups (broad SMARTS) is 1. The van der Waals surface area contributed by atoms with Crippen molar-refractivity contribution in [3.63, 3.8) is 0 Å². The van der Waals surface area contributed by atoms with Gasteiger partial charge in [0.2, 0.25) is 0 Å². The van der Waals surface area contributed by atoms with Crippen molar-refractivity contribution in [1.82, 2.24) is 0 Å². The predicted octanol–water partition coefficient (Wildman–Crippen LogP) is 3.69. The van der Waals surface area contributed by atoms with Crippen molar-refractivity contribution in [1.29, 1.82) is 0 Å². The summed E-state index contributed by atoms with van der Waals surface area (Å²) in [4.78, 5) is 26.0. The van der Waals surface area contributed by atoms with Crippen molar-refractivity contribution >= 4 is 23.4 Å². The second-order valence-corrected chi connectivity index (χ2v) is 6.07. The zero-order valence-electron chi connectivity index (χ0n) is 14.1. The normalized spacial score (nSPS) is 19.0. The maximum Gasteiger partial charge on any atom is 0.326 e. The van der Waals surface area contributed by atoms with Crippen molar-refractivity contribution < 1.29 is 19.4 Å². The fourth-order valence-corrected chi connectivity index (χ4v) is 3.24. The van der Waals surface area contributed by atoms with Gasteiger partial charge in [-0.2, -0.15) is 0 Å². The third-order valence-corrected chi connectivity index (χ3v) is 4.43. The number of anilines is 2. The van der Waals surface area contributed by atoms with Gasteiger partial charge in [-0.15, -0.1) is 0 Å². The summed E-state index contributed by atoms with van der Waals surface area (Å²) in [6.45, 7) is 1.86. The number of fused-ring (bicyclic) bond motifs is 1. The molecule has 0 aliphatic carbocycles. The number of hydrogen-bond donors (Lipinski definition) is 2. The lowest BCUT2D eigenvalue weighted by atomic mass is 9.86. The summed E-state index contributed by atoms with van der Waals surface area (Å²) in [6, 6.07) is 13.7. The highest BCUT2D eigenvalue weighted by molar-refractivity contribution is 6.04. The molecule has 25 heavy (non-hydrogen) atoms. The van der Waals surface area contributed by atoms with E-state index in [9.17, 15) is 14.7 Å². The van der Waals surface area contributed by atoms with E-state index in [0.717, 1.165) is 0 Å². The first-order valence-electron chi connectivity index (χ1n) is 8.07. The number of urea groups is 1. The van der Waals surface area contributed by atoms with Gasteiger partial charge >= 0.3 is 12.0 Å². The van der Waals surface area contributed by atoms with Crippen LogP contribution in [0.4, 0.5) is 16.2 Å². The molecule has 0 spiro atoms. The maximum atomic E-state index is 12.8. The van der Waals surface area contributed by atoms with Crippen molar-refractivity contribution in [3.8, 4) is 5.75 Å². The van der Waals surface area contributed by atoms with Crippen molar-refractivity contribution in [2.45, 2.75) is 25.3 Å². The Morgan fingerprint density at radius 3 is 2.68 bits per heavy atom. The number of carboxylic acids is 1. The van der Waals surface area contributed by atoms with Crippen LogP contribution in [-0.4, -0.2) is 30.3 Å². The Morgan fingerprint density at radius 2 is 1.96 bits per heavy atom. The van der Waals surface area contributed by atoms with Crippen molar-refractivity contribution in [2.24, 2.45) is 0 Å². The molecule has 130 valence electrons. The number of hydrogen-bond acceptors (Lipinski definition) is 3. The Morgan fingerprint density at radius 1 is 1.20 bits per heavy atom. The van der Waals surface area contributed by atoms with Crippen LogP contribution in [0.1, 0.15) is 24.8 Å². The van der Waals surface area contributed by atoms with Gasteiger partial charge in [-0.1, -0.05) is 24.3 Å². The van der Waals surface area contributed by atoms with E-state index in [0.29, 0.717) is 29.1 Å². The Bertz CT molecular complexity index is 806. The lowest BCUT2D eigenvalue weighted by molar-refractivity contribution is -0.139. The first kappa shape index (κ1) is 16.8. The Kier molecular flexibility index (Phi) is 4.61.